The number of rotatable bonds is 0. The molecule has 4 aromatic carbocycles. The van der Waals surface area contributed by atoms with Gasteiger partial charge in [0.1, 0.15) is 0 Å². The van der Waals surface area contributed by atoms with Crippen molar-refractivity contribution in [3.8, 4) is 22.3 Å². The summed E-state index contributed by atoms with van der Waals surface area (Å²) in [7, 11) is 0. The zero-order valence-electron chi connectivity index (χ0n) is 19.3. The Kier molecular flexibility index (Phi) is 3.27. The van der Waals surface area contributed by atoms with Crippen molar-refractivity contribution in [1.82, 2.24) is 4.98 Å². The van der Waals surface area contributed by atoms with Gasteiger partial charge in [0.15, 0.2) is 0 Å². The van der Waals surface area contributed by atoms with Crippen LogP contribution in [-0.4, -0.2) is 4.98 Å². The van der Waals surface area contributed by atoms with E-state index in [2.05, 4.69) is 83.8 Å². The number of nitrogens with zero attached hydrogens (tertiary/aromatic N) is 2. The van der Waals surface area contributed by atoms with Gasteiger partial charge in [-0.15, -0.1) is 0 Å². The van der Waals surface area contributed by atoms with Crippen molar-refractivity contribution in [2.24, 2.45) is 0 Å². The summed E-state index contributed by atoms with van der Waals surface area (Å²) in [6, 6.07) is 29.8. The van der Waals surface area contributed by atoms with E-state index in [0.29, 0.717) is 0 Å². The van der Waals surface area contributed by atoms with E-state index in [9.17, 15) is 0 Å². The fourth-order valence-electron chi connectivity index (χ4n) is 7.10. The number of hydrogen-bond donors (Lipinski definition) is 0. The van der Waals surface area contributed by atoms with E-state index in [1.54, 1.807) is 0 Å². The first-order valence-corrected chi connectivity index (χ1v) is 12.6. The highest BCUT2D eigenvalue weighted by molar-refractivity contribution is 5.95. The van der Waals surface area contributed by atoms with Crippen LogP contribution in [0, 0.1) is 0 Å². The van der Waals surface area contributed by atoms with Crippen molar-refractivity contribution >= 4 is 17.1 Å². The molecule has 4 aliphatic rings. The first kappa shape index (κ1) is 18.2. The molecule has 0 N–H and O–H groups in total. The second kappa shape index (κ2) is 6.28. The molecule has 35 heavy (non-hydrogen) atoms. The highest BCUT2D eigenvalue weighted by Gasteiger charge is 2.34. The molecule has 3 heterocycles. The maximum atomic E-state index is 4.77. The van der Waals surface area contributed by atoms with Gasteiger partial charge in [-0.05, 0) is 92.2 Å². The molecule has 2 heteroatoms. The molecule has 164 valence electrons. The molecule has 0 saturated carbocycles. The van der Waals surface area contributed by atoms with Gasteiger partial charge >= 0.3 is 0 Å². The lowest BCUT2D eigenvalue weighted by Crippen LogP contribution is -2.25. The number of pyridine rings is 1. The van der Waals surface area contributed by atoms with E-state index in [4.69, 9.17) is 4.98 Å². The van der Waals surface area contributed by atoms with Crippen molar-refractivity contribution < 1.29 is 0 Å². The topological polar surface area (TPSA) is 16.1 Å². The molecule has 1 aromatic heterocycles. The van der Waals surface area contributed by atoms with E-state index in [0.717, 1.165) is 25.7 Å². The highest BCUT2D eigenvalue weighted by Crippen LogP contribution is 2.54. The van der Waals surface area contributed by atoms with Gasteiger partial charge < -0.3 is 4.90 Å². The molecule has 0 fully saturated rings. The number of hydrogen-bond acceptors (Lipinski definition) is 2. The summed E-state index contributed by atoms with van der Waals surface area (Å²) in [5, 5.41) is 0. The Morgan fingerprint density at radius 2 is 1.40 bits per heavy atom. The lowest BCUT2D eigenvalue weighted by atomic mass is 9.86. The van der Waals surface area contributed by atoms with Gasteiger partial charge in [-0.1, -0.05) is 60.7 Å². The first-order valence-electron chi connectivity index (χ1n) is 12.6. The molecule has 0 bridgehead atoms. The largest absolute Gasteiger partial charge is 0.308 e. The summed E-state index contributed by atoms with van der Waals surface area (Å²) < 4.78 is 0. The Morgan fingerprint density at radius 3 is 2.37 bits per heavy atom. The van der Waals surface area contributed by atoms with Crippen molar-refractivity contribution in [2.45, 2.75) is 25.7 Å². The lowest BCUT2D eigenvalue weighted by Gasteiger charge is -2.39. The molecule has 2 nitrogen and oxygen atoms in total. The van der Waals surface area contributed by atoms with Crippen LogP contribution in [0.1, 0.15) is 44.6 Å². The summed E-state index contributed by atoms with van der Waals surface area (Å²) in [5.41, 5.74) is 21.0. The number of benzene rings is 4. The van der Waals surface area contributed by atoms with Crippen LogP contribution in [0.2, 0.25) is 0 Å². The summed E-state index contributed by atoms with van der Waals surface area (Å²) in [6.45, 7) is 0. The molecule has 9 rings (SSSR count). The van der Waals surface area contributed by atoms with E-state index in [1.807, 2.05) is 6.20 Å². The predicted octanol–water partition coefficient (Wildman–Crippen LogP) is 7.50. The zero-order chi connectivity index (χ0) is 22.7. The molecule has 2 aliphatic heterocycles. The van der Waals surface area contributed by atoms with Crippen LogP contribution >= 0.6 is 0 Å². The number of fused-ring (bicyclic) bond motifs is 11. The maximum absolute atomic E-state index is 4.77. The predicted molar refractivity (Wildman–Crippen MR) is 141 cm³/mol. The van der Waals surface area contributed by atoms with E-state index < -0.39 is 0 Å². The minimum absolute atomic E-state index is 0.907. The normalized spacial score (nSPS) is 14.9. The molecule has 0 unspecified atom stereocenters. The standard InChI is InChI=1S/C33H22N2/c1-2-8-25-19(5-1)13-20-10-11-26-27-18-31-24(15-23(27)16-28(26)32(20)25)14-21-6-3-7-22-17-29-30(9-4-12-34-29)35(31)33(21)22/h1-12,15,18H,13-14,16-17H2. The second-order valence-electron chi connectivity index (χ2n) is 10.4. The zero-order valence-corrected chi connectivity index (χ0v) is 19.3. The van der Waals surface area contributed by atoms with Crippen molar-refractivity contribution in [3.63, 3.8) is 0 Å². The monoisotopic (exact) mass is 446 g/mol. The third-order valence-electron chi connectivity index (χ3n) is 8.54. The van der Waals surface area contributed by atoms with Gasteiger partial charge in [-0.2, -0.15) is 0 Å². The fraction of sp³-hybridized carbons (Fsp3) is 0.121. The number of anilines is 3. The van der Waals surface area contributed by atoms with Gasteiger partial charge in [0, 0.05) is 19.0 Å². The van der Waals surface area contributed by atoms with E-state index in [-0.39, 0.29) is 0 Å². The fourth-order valence-corrected chi connectivity index (χ4v) is 7.10. The number of para-hydroxylation sites is 1. The molecular formula is C33H22N2. The smallest absolute Gasteiger partial charge is 0.0688 e. The molecule has 0 saturated heterocycles. The molecule has 5 aromatic rings. The Balaban J connectivity index is 1.28. The minimum atomic E-state index is 0.907. The molecule has 0 atom stereocenters. The van der Waals surface area contributed by atoms with Crippen LogP contribution in [0.5, 0.6) is 0 Å². The Hall–Kier alpha value is -4.17. The van der Waals surface area contributed by atoms with Crippen LogP contribution in [0.15, 0.2) is 85.1 Å². The molecule has 0 spiro atoms. The van der Waals surface area contributed by atoms with Gasteiger partial charge in [-0.25, -0.2) is 0 Å². The quantitative estimate of drug-likeness (QED) is 0.240. The third kappa shape index (κ3) is 2.27. The first-order chi connectivity index (χ1) is 17.3. The number of aromatic nitrogens is 1. The van der Waals surface area contributed by atoms with E-state index in [1.165, 1.54) is 84.0 Å². The summed E-state index contributed by atoms with van der Waals surface area (Å²) in [6.07, 6.45) is 5.91. The van der Waals surface area contributed by atoms with E-state index >= 15 is 0 Å². The lowest BCUT2D eigenvalue weighted by molar-refractivity contribution is 0.970. The summed E-state index contributed by atoms with van der Waals surface area (Å²) in [4.78, 5) is 7.27. The van der Waals surface area contributed by atoms with Crippen LogP contribution in [-0.2, 0) is 25.7 Å². The SMILES string of the molecule is c1ccc2c(c1)Cc1ccc3c(c1-2)Cc1cc2c(cc1-3)N1c3cccnc3Cc3cccc(c31)C2. The van der Waals surface area contributed by atoms with Gasteiger partial charge in [0.2, 0.25) is 0 Å². The molecular weight excluding hydrogens is 424 g/mol. The average molecular weight is 447 g/mol. The summed E-state index contributed by atoms with van der Waals surface area (Å²) in [5.74, 6) is 0. The van der Waals surface area contributed by atoms with Crippen LogP contribution < -0.4 is 4.90 Å². The van der Waals surface area contributed by atoms with Crippen molar-refractivity contribution in [2.75, 3.05) is 4.90 Å². The highest BCUT2D eigenvalue weighted by atomic mass is 15.2. The third-order valence-corrected chi connectivity index (χ3v) is 8.54. The van der Waals surface area contributed by atoms with Gasteiger partial charge in [0.25, 0.3) is 0 Å². The van der Waals surface area contributed by atoms with Gasteiger partial charge in [-0.3, -0.25) is 4.98 Å². The summed E-state index contributed by atoms with van der Waals surface area (Å²) >= 11 is 0. The van der Waals surface area contributed by atoms with Crippen molar-refractivity contribution in [1.29, 1.82) is 0 Å². The maximum Gasteiger partial charge on any atom is 0.0688 e. The van der Waals surface area contributed by atoms with Crippen LogP contribution in [0.3, 0.4) is 0 Å². The molecule has 0 radical (unpaired) electrons. The Bertz CT molecular complexity index is 1760. The minimum Gasteiger partial charge on any atom is -0.308 e. The molecule has 0 amide bonds. The molecule has 2 aliphatic carbocycles. The second-order valence-corrected chi connectivity index (χ2v) is 10.4. The Morgan fingerprint density at radius 1 is 0.543 bits per heavy atom. The van der Waals surface area contributed by atoms with Crippen molar-refractivity contribution in [3.05, 3.63) is 130 Å². The Labute approximate surface area is 204 Å². The van der Waals surface area contributed by atoms with Crippen LogP contribution in [0.25, 0.3) is 22.3 Å². The average Bonchev–Trinajstić information content (AvgIpc) is 3.45. The van der Waals surface area contributed by atoms with Gasteiger partial charge in [0.05, 0.1) is 22.8 Å². The van der Waals surface area contributed by atoms with Crippen LogP contribution in [0.4, 0.5) is 17.1 Å².